The molecule has 0 fully saturated rings. The molecular formula is C16H16N2O4S. The Morgan fingerprint density at radius 2 is 2.26 bits per heavy atom. The standard InChI is InChI=1S/C16H16N2O4S/c1-3-21-16(20)13-10(7-23-14(13)17)9-4-5-12-11(6-9)18-15(19)8(2)22-12/h4-8H,3,17H2,1-2H3,(H,18,19). The number of ether oxygens (including phenoxy) is 2. The van der Waals surface area contributed by atoms with Crippen LogP contribution in [0, 0.1) is 0 Å². The molecule has 1 amide bonds. The summed E-state index contributed by atoms with van der Waals surface area (Å²) in [5.41, 5.74) is 8.28. The third kappa shape index (κ3) is 2.75. The highest BCUT2D eigenvalue weighted by molar-refractivity contribution is 7.15. The Morgan fingerprint density at radius 1 is 1.48 bits per heavy atom. The molecule has 0 bridgehead atoms. The van der Waals surface area contributed by atoms with Gasteiger partial charge in [0.15, 0.2) is 6.10 Å². The number of rotatable bonds is 3. The Balaban J connectivity index is 2.02. The van der Waals surface area contributed by atoms with E-state index in [1.54, 1.807) is 31.4 Å². The molecule has 1 atom stereocenters. The van der Waals surface area contributed by atoms with Gasteiger partial charge in [0.05, 0.1) is 12.3 Å². The van der Waals surface area contributed by atoms with Gasteiger partial charge in [0.25, 0.3) is 5.91 Å². The van der Waals surface area contributed by atoms with Crippen LogP contribution in [-0.2, 0) is 9.53 Å². The van der Waals surface area contributed by atoms with Crippen molar-refractivity contribution in [3.63, 3.8) is 0 Å². The molecule has 120 valence electrons. The van der Waals surface area contributed by atoms with E-state index in [0.29, 0.717) is 27.6 Å². The van der Waals surface area contributed by atoms with Crippen LogP contribution in [0.15, 0.2) is 23.6 Å². The Bertz CT molecular complexity index is 784. The molecule has 1 aromatic carbocycles. The van der Waals surface area contributed by atoms with Gasteiger partial charge >= 0.3 is 5.97 Å². The summed E-state index contributed by atoms with van der Waals surface area (Å²) in [6, 6.07) is 5.36. The first-order chi connectivity index (χ1) is 11.0. The van der Waals surface area contributed by atoms with Crippen molar-refractivity contribution in [2.45, 2.75) is 20.0 Å². The number of anilines is 2. The fourth-order valence-corrected chi connectivity index (χ4v) is 3.19. The minimum absolute atomic E-state index is 0.204. The quantitative estimate of drug-likeness (QED) is 0.843. The summed E-state index contributed by atoms with van der Waals surface area (Å²) in [6.07, 6.45) is -0.528. The molecule has 1 aromatic heterocycles. The minimum Gasteiger partial charge on any atom is -0.479 e. The first-order valence-corrected chi connectivity index (χ1v) is 8.05. The zero-order chi connectivity index (χ0) is 16.6. The second-order valence-electron chi connectivity index (χ2n) is 5.07. The molecule has 7 heteroatoms. The summed E-state index contributed by atoms with van der Waals surface area (Å²) in [4.78, 5) is 23.9. The third-order valence-electron chi connectivity index (χ3n) is 3.52. The number of carbonyl (C=O) groups excluding carboxylic acids is 2. The SMILES string of the molecule is CCOC(=O)c1c(-c2ccc3c(c2)NC(=O)C(C)O3)csc1N. The predicted octanol–water partition coefficient (Wildman–Crippen LogP) is 2.89. The molecule has 3 rings (SSSR count). The molecule has 0 spiro atoms. The number of carbonyl (C=O) groups is 2. The second-order valence-corrected chi connectivity index (χ2v) is 5.98. The minimum atomic E-state index is -0.528. The molecule has 0 aliphatic carbocycles. The first kappa shape index (κ1) is 15.4. The van der Waals surface area contributed by atoms with Crippen LogP contribution >= 0.6 is 11.3 Å². The predicted molar refractivity (Wildman–Crippen MR) is 88.8 cm³/mol. The molecule has 2 heterocycles. The highest BCUT2D eigenvalue weighted by Gasteiger charge is 2.25. The monoisotopic (exact) mass is 332 g/mol. The van der Waals surface area contributed by atoms with Crippen LogP contribution in [0.25, 0.3) is 11.1 Å². The van der Waals surface area contributed by atoms with Crippen LogP contribution in [0.1, 0.15) is 24.2 Å². The van der Waals surface area contributed by atoms with E-state index in [1.807, 2.05) is 6.07 Å². The molecule has 1 aliphatic rings. The van der Waals surface area contributed by atoms with E-state index in [1.165, 1.54) is 11.3 Å². The fraction of sp³-hybridized carbons (Fsp3) is 0.250. The van der Waals surface area contributed by atoms with E-state index >= 15 is 0 Å². The van der Waals surface area contributed by atoms with Crippen LogP contribution in [0.4, 0.5) is 10.7 Å². The van der Waals surface area contributed by atoms with Gasteiger partial charge in [-0.05, 0) is 31.5 Å². The molecule has 0 radical (unpaired) electrons. The lowest BCUT2D eigenvalue weighted by molar-refractivity contribution is -0.122. The smallest absolute Gasteiger partial charge is 0.341 e. The number of nitrogen functional groups attached to an aromatic ring is 1. The molecular weight excluding hydrogens is 316 g/mol. The lowest BCUT2D eigenvalue weighted by Crippen LogP contribution is -2.34. The topological polar surface area (TPSA) is 90.6 Å². The largest absolute Gasteiger partial charge is 0.479 e. The Labute approximate surface area is 137 Å². The molecule has 3 N–H and O–H groups in total. The van der Waals surface area contributed by atoms with Gasteiger partial charge < -0.3 is 20.5 Å². The molecule has 6 nitrogen and oxygen atoms in total. The van der Waals surface area contributed by atoms with E-state index in [0.717, 1.165) is 5.56 Å². The normalized spacial score (nSPS) is 16.3. The second kappa shape index (κ2) is 5.92. The van der Waals surface area contributed by atoms with Crippen molar-refractivity contribution >= 4 is 33.9 Å². The summed E-state index contributed by atoms with van der Waals surface area (Å²) in [6.45, 7) is 3.71. The highest BCUT2D eigenvalue weighted by atomic mass is 32.1. The lowest BCUT2D eigenvalue weighted by atomic mass is 10.0. The zero-order valence-electron chi connectivity index (χ0n) is 12.7. The van der Waals surface area contributed by atoms with Crippen LogP contribution in [-0.4, -0.2) is 24.6 Å². The number of benzene rings is 1. The third-order valence-corrected chi connectivity index (χ3v) is 4.33. The van der Waals surface area contributed by atoms with Crippen LogP contribution in [0.3, 0.4) is 0 Å². The van der Waals surface area contributed by atoms with Gasteiger partial charge in [-0.15, -0.1) is 11.3 Å². The highest BCUT2D eigenvalue weighted by Crippen LogP contribution is 2.38. The number of esters is 1. The maximum atomic E-state index is 12.1. The van der Waals surface area contributed by atoms with E-state index in [9.17, 15) is 9.59 Å². The lowest BCUT2D eigenvalue weighted by Gasteiger charge is -2.23. The van der Waals surface area contributed by atoms with Crippen molar-refractivity contribution < 1.29 is 19.1 Å². The Hall–Kier alpha value is -2.54. The fourth-order valence-electron chi connectivity index (χ4n) is 2.38. The van der Waals surface area contributed by atoms with Crippen molar-refractivity contribution in [2.75, 3.05) is 17.7 Å². The van der Waals surface area contributed by atoms with E-state index < -0.39 is 12.1 Å². The summed E-state index contributed by atoms with van der Waals surface area (Å²) >= 11 is 1.28. The maximum absolute atomic E-state index is 12.1. The molecule has 1 unspecified atom stereocenters. The number of nitrogens with two attached hydrogens (primary N) is 1. The van der Waals surface area contributed by atoms with Crippen LogP contribution in [0.5, 0.6) is 5.75 Å². The average Bonchev–Trinajstić information content (AvgIpc) is 2.90. The Morgan fingerprint density at radius 3 is 3.00 bits per heavy atom. The van der Waals surface area contributed by atoms with Gasteiger partial charge in [-0.3, -0.25) is 4.79 Å². The van der Waals surface area contributed by atoms with Gasteiger partial charge in [-0.25, -0.2) is 4.79 Å². The van der Waals surface area contributed by atoms with Gasteiger partial charge in [0, 0.05) is 10.9 Å². The number of hydrogen-bond acceptors (Lipinski definition) is 6. The zero-order valence-corrected chi connectivity index (χ0v) is 13.5. The van der Waals surface area contributed by atoms with Gasteiger partial charge in [-0.2, -0.15) is 0 Å². The van der Waals surface area contributed by atoms with Crippen molar-refractivity contribution in [3.05, 3.63) is 29.1 Å². The molecule has 23 heavy (non-hydrogen) atoms. The van der Waals surface area contributed by atoms with Crippen molar-refractivity contribution in [2.24, 2.45) is 0 Å². The molecule has 2 aromatic rings. The number of thiophene rings is 1. The van der Waals surface area contributed by atoms with Gasteiger partial charge in [-0.1, -0.05) is 6.07 Å². The average molecular weight is 332 g/mol. The Kier molecular flexibility index (Phi) is 3.96. The van der Waals surface area contributed by atoms with Crippen LogP contribution in [0.2, 0.25) is 0 Å². The number of fused-ring (bicyclic) bond motifs is 1. The summed E-state index contributed by atoms with van der Waals surface area (Å²) in [7, 11) is 0. The van der Waals surface area contributed by atoms with Crippen molar-refractivity contribution in [1.82, 2.24) is 0 Å². The van der Waals surface area contributed by atoms with Crippen LogP contribution < -0.4 is 15.8 Å². The number of nitrogens with one attached hydrogen (secondary N) is 1. The molecule has 0 saturated heterocycles. The molecule has 1 aliphatic heterocycles. The summed E-state index contributed by atoms with van der Waals surface area (Å²) < 4.78 is 10.6. The summed E-state index contributed by atoms with van der Waals surface area (Å²) in [5.74, 6) is -0.0558. The number of hydrogen-bond donors (Lipinski definition) is 2. The molecule has 0 saturated carbocycles. The van der Waals surface area contributed by atoms with Gasteiger partial charge in [0.2, 0.25) is 0 Å². The van der Waals surface area contributed by atoms with Crippen molar-refractivity contribution in [3.8, 4) is 16.9 Å². The van der Waals surface area contributed by atoms with Gasteiger partial charge in [0.1, 0.15) is 16.3 Å². The first-order valence-electron chi connectivity index (χ1n) is 7.17. The van der Waals surface area contributed by atoms with E-state index in [-0.39, 0.29) is 12.5 Å². The number of amides is 1. The van der Waals surface area contributed by atoms with E-state index in [4.69, 9.17) is 15.2 Å². The van der Waals surface area contributed by atoms with E-state index in [2.05, 4.69) is 5.32 Å². The maximum Gasteiger partial charge on any atom is 0.341 e. The summed E-state index contributed by atoms with van der Waals surface area (Å²) in [5, 5.41) is 5.00. The van der Waals surface area contributed by atoms with Crippen molar-refractivity contribution in [1.29, 1.82) is 0 Å².